The van der Waals surface area contributed by atoms with Crippen LogP contribution in [0.1, 0.15) is 34.5 Å². The molecule has 0 radical (unpaired) electrons. The van der Waals surface area contributed by atoms with E-state index in [1.807, 2.05) is 13.0 Å². The molecule has 0 saturated carbocycles. The molecule has 1 aliphatic heterocycles. The van der Waals surface area contributed by atoms with Crippen molar-refractivity contribution in [3.63, 3.8) is 0 Å². The van der Waals surface area contributed by atoms with Crippen LogP contribution in [0.5, 0.6) is 0 Å². The van der Waals surface area contributed by atoms with Gasteiger partial charge in [-0.25, -0.2) is 13.1 Å². The first-order chi connectivity index (χ1) is 13.6. The van der Waals surface area contributed by atoms with E-state index >= 15 is 0 Å². The monoisotopic (exact) mass is 416 g/mol. The Balaban J connectivity index is 2.03. The Morgan fingerprint density at radius 1 is 1.21 bits per heavy atom. The van der Waals surface area contributed by atoms with Gasteiger partial charge >= 0.3 is 0 Å². The van der Waals surface area contributed by atoms with E-state index in [1.54, 1.807) is 12.1 Å². The molecule has 156 valence electrons. The van der Waals surface area contributed by atoms with Gasteiger partial charge in [0.2, 0.25) is 10.0 Å². The lowest BCUT2D eigenvalue weighted by atomic mass is 10.0. The summed E-state index contributed by atoms with van der Waals surface area (Å²) in [7, 11) is 1.88. The summed E-state index contributed by atoms with van der Waals surface area (Å²) in [5.74, 6) is -0.233. The fourth-order valence-corrected chi connectivity index (χ4v) is 4.31. The van der Waals surface area contributed by atoms with Crippen molar-refractivity contribution >= 4 is 33.3 Å². The second kappa shape index (κ2) is 8.14. The minimum absolute atomic E-state index is 0.131. The number of nitrogens with zero attached hydrogens (tertiary/aromatic N) is 1. The van der Waals surface area contributed by atoms with Gasteiger partial charge < -0.3 is 15.2 Å². The van der Waals surface area contributed by atoms with E-state index in [-0.39, 0.29) is 10.8 Å². The lowest BCUT2D eigenvalue weighted by Crippen LogP contribution is -2.18. The van der Waals surface area contributed by atoms with E-state index in [1.165, 1.54) is 24.2 Å². The number of nitrogens with one attached hydrogen (secondary N) is 3. The molecule has 3 N–H and O–H groups in total. The minimum Gasteiger partial charge on any atom is -0.359 e. The number of amides is 1. The van der Waals surface area contributed by atoms with Crippen molar-refractivity contribution in [3.8, 4) is 0 Å². The molecule has 3 rings (SSSR count). The number of carbonyl (C=O) groups is 1. The van der Waals surface area contributed by atoms with Crippen LogP contribution in [-0.2, 0) is 21.2 Å². The summed E-state index contributed by atoms with van der Waals surface area (Å²) >= 11 is 0. The molecule has 0 unspecified atom stereocenters. The van der Waals surface area contributed by atoms with Crippen molar-refractivity contribution in [1.82, 2.24) is 14.6 Å². The van der Waals surface area contributed by atoms with Crippen LogP contribution < -0.4 is 10.0 Å². The molecule has 0 saturated heterocycles. The maximum absolute atomic E-state index is 12.6. The van der Waals surface area contributed by atoms with E-state index in [0.717, 1.165) is 30.8 Å². The third kappa shape index (κ3) is 4.29. The SMILES string of the molecule is CNS(=O)(=O)c1ccc2c(c1)/C(=C/c1[nH]c(C)c(C)c1CCCN(C)C)C(=O)N2. The molecule has 1 aliphatic rings. The third-order valence-corrected chi connectivity index (χ3v) is 6.75. The zero-order chi connectivity index (χ0) is 21.3. The van der Waals surface area contributed by atoms with Crippen molar-refractivity contribution in [2.45, 2.75) is 31.6 Å². The number of sulfonamides is 1. The first kappa shape index (κ1) is 21.3. The zero-order valence-electron chi connectivity index (χ0n) is 17.5. The molecule has 1 aromatic carbocycles. The van der Waals surface area contributed by atoms with E-state index in [0.29, 0.717) is 16.8 Å². The van der Waals surface area contributed by atoms with Crippen LogP contribution in [-0.4, -0.2) is 51.9 Å². The minimum atomic E-state index is -3.59. The molecule has 2 heterocycles. The Morgan fingerprint density at radius 3 is 2.59 bits per heavy atom. The number of aromatic nitrogens is 1. The second-order valence-electron chi connectivity index (χ2n) is 7.60. The third-order valence-electron chi connectivity index (χ3n) is 5.34. The smallest absolute Gasteiger partial charge is 0.256 e. The highest BCUT2D eigenvalue weighted by molar-refractivity contribution is 7.89. The average Bonchev–Trinajstić information content (AvgIpc) is 3.12. The summed E-state index contributed by atoms with van der Waals surface area (Å²) in [4.78, 5) is 18.3. The molecule has 0 spiro atoms. The highest BCUT2D eigenvalue weighted by Gasteiger charge is 2.27. The largest absolute Gasteiger partial charge is 0.359 e. The first-order valence-electron chi connectivity index (χ1n) is 9.58. The summed E-state index contributed by atoms with van der Waals surface area (Å²) in [6, 6.07) is 4.66. The van der Waals surface area contributed by atoms with Crippen molar-refractivity contribution < 1.29 is 13.2 Å². The maximum Gasteiger partial charge on any atom is 0.256 e. The number of anilines is 1. The number of hydrogen-bond acceptors (Lipinski definition) is 4. The number of hydrogen-bond donors (Lipinski definition) is 3. The predicted molar refractivity (Wildman–Crippen MR) is 116 cm³/mol. The lowest BCUT2D eigenvalue weighted by molar-refractivity contribution is -0.110. The van der Waals surface area contributed by atoms with Crippen molar-refractivity contribution in [2.24, 2.45) is 0 Å². The van der Waals surface area contributed by atoms with E-state index < -0.39 is 10.0 Å². The van der Waals surface area contributed by atoms with E-state index in [2.05, 4.69) is 40.9 Å². The fourth-order valence-electron chi connectivity index (χ4n) is 3.56. The molecule has 0 aliphatic carbocycles. The molecule has 1 aromatic heterocycles. The molecule has 0 bridgehead atoms. The Kier molecular flexibility index (Phi) is 5.97. The Bertz CT molecular complexity index is 1080. The molecule has 7 nitrogen and oxygen atoms in total. The highest BCUT2D eigenvalue weighted by atomic mass is 32.2. The van der Waals surface area contributed by atoms with Crippen LogP contribution in [0, 0.1) is 13.8 Å². The molecular formula is C21H28N4O3S. The zero-order valence-corrected chi connectivity index (χ0v) is 18.3. The molecule has 1 amide bonds. The molecule has 0 atom stereocenters. The van der Waals surface area contributed by atoms with Crippen LogP contribution in [0.2, 0.25) is 0 Å². The predicted octanol–water partition coefficient (Wildman–Crippen LogP) is 2.53. The first-order valence-corrected chi connectivity index (χ1v) is 11.1. The van der Waals surface area contributed by atoms with Gasteiger partial charge in [-0.15, -0.1) is 0 Å². The standard InChI is InChI=1S/C21H28N4O3S/c1-13-14(2)23-20(16(13)7-6-10-25(4)5)12-18-17-11-15(29(27,28)22-3)8-9-19(17)24-21(18)26/h8-9,11-12,22-23H,6-7,10H2,1-5H3,(H,24,26)/b18-12-. The molecule has 8 heteroatoms. The quantitative estimate of drug-likeness (QED) is 0.605. The van der Waals surface area contributed by atoms with Crippen LogP contribution in [0.3, 0.4) is 0 Å². The van der Waals surface area contributed by atoms with Gasteiger partial charge in [0.15, 0.2) is 0 Å². The van der Waals surface area contributed by atoms with Crippen LogP contribution in [0.15, 0.2) is 23.1 Å². The number of aromatic amines is 1. The number of fused-ring (bicyclic) bond motifs is 1. The van der Waals surface area contributed by atoms with Crippen LogP contribution in [0.25, 0.3) is 11.6 Å². The lowest BCUT2D eigenvalue weighted by Gasteiger charge is -2.10. The van der Waals surface area contributed by atoms with E-state index in [9.17, 15) is 13.2 Å². The van der Waals surface area contributed by atoms with Gasteiger partial charge in [0.1, 0.15) is 0 Å². The summed E-state index contributed by atoms with van der Waals surface area (Å²) in [6.07, 6.45) is 3.74. The average molecular weight is 417 g/mol. The van der Waals surface area contributed by atoms with Gasteiger partial charge in [-0.05, 0) is 89.8 Å². The summed E-state index contributed by atoms with van der Waals surface area (Å²) in [5, 5.41) is 2.82. The Labute approximate surface area is 172 Å². The van der Waals surface area contributed by atoms with Gasteiger partial charge in [-0.2, -0.15) is 0 Å². The van der Waals surface area contributed by atoms with Crippen molar-refractivity contribution in [1.29, 1.82) is 0 Å². The number of H-pyrrole nitrogens is 1. The van der Waals surface area contributed by atoms with Crippen molar-refractivity contribution in [2.75, 3.05) is 33.0 Å². The summed E-state index contributed by atoms with van der Waals surface area (Å²) in [5.41, 5.74) is 6.03. The summed E-state index contributed by atoms with van der Waals surface area (Å²) in [6.45, 7) is 5.08. The fraction of sp³-hybridized carbons (Fsp3) is 0.381. The van der Waals surface area contributed by atoms with Crippen LogP contribution >= 0.6 is 0 Å². The Morgan fingerprint density at radius 2 is 1.93 bits per heavy atom. The molecule has 29 heavy (non-hydrogen) atoms. The molecule has 0 fully saturated rings. The second-order valence-corrected chi connectivity index (χ2v) is 9.49. The number of rotatable bonds is 7. The summed E-state index contributed by atoms with van der Waals surface area (Å²) < 4.78 is 26.7. The van der Waals surface area contributed by atoms with Gasteiger partial charge in [-0.1, -0.05) is 0 Å². The molecular weight excluding hydrogens is 388 g/mol. The number of aryl methyl sites for hydroxylation is 1. The van der Waals surface area contributed by atoms with Crippen LogP contribution in [0.4, 0.5) is 5.69 Å². The van der Waals surface area contributed by atoms with Gasteiger partial charge in [0.05, 0.1) is 10.5 Å². The topological polar surface area (TPSA) is 94.3 Å². The molecule has 2 aromatic rings. The normalized spacial score (nSPS) is 15.2. The van der Waals surface area contributed by atoms with Gasteiger partial charge in [0, 0.05) is 22.6 Å². The van der Waals surface area contributed by atoms with Crippen molar-refractivity contribution in [3.05, 3.63) is 46.3 Å². The Hall–Kier alpha value is -2.42. The van der Waals surface area contributed by atoms with Gasteiger partial charge in [0.25, 0.3) is 5.91 Å². The number of benzene rings is 1. The highest BCUT2D eigenvalue weighted by Crippen LogP contribution is 2.35. The van der Waals surface area contributed by atoms with E-state index in [4.69, 9.17) is 0 Å². The van der Waals surface area contributed by atoms with Gasteiger partial charge in [-0.3, -0.25) is 4.79 Å². The number of carbonyl (C=O) groups excluding carboxylic acids is 1. The maximum atomic E-state index is 12.6.